The van der Waals surface area contributed by atoms with Crippen LogP contribution in [0.4, 0.5) is 11.5 Å². The molecular formula is C27H21ClN6O3S. The second-order valence-electron chi connectivity index (χ2n) is 8.24. The van der Waals surface area contributed by atoms with Crippen LogP contribution in [0.2, 0.25) is 5.15 Å². The standard InChI is InChI=1S/C27H21ClN6O3S/c1-18(29-20-12-14-22(15-13-20)38(36,37)33-24-17-16-23(28)30-31-24)25-26(19-8-4-2-5-9-19)32-34(27(25)35)21-10-6-3-7-11-21/h2-17,32H,1H3,(H,31,33). The Kier molecular flexibility index (Phi) is 6.91. The van der Waals surface area contributed by atoms with Crippen LogP contribution in [0.25, 0.3) is 16.9 Å². The van der Waals surface area contributed by atoms with Crippen LogP contribution in [-0.4, -0.2) is 34.1 Å². The van der Waals surface area contributed by atoms with Crippen molar-refractivity contribution in [2.45, 2.75) is 11.8 Å². The summed E-state index contributed by atoms with van der Waals surface area (Å²) in [5.41, 5.74) is 3.29. The first-order valence-corrected chi connectivity index (χ1v) is 13.3. The van der Waals surface area contributed by atoms with Crippen molar-refractivity contribution in [1.29, 1.82) is 0 Å². The SMILES string of the molecule is CC(=Nc1ccc(S(=O)(=O)Nc2ccc(Cl)nn2)cc1)c1c(-c2ccccc2)[nH]n(-c2ccccc2)c1=O. The molecule has 2 N–H and O–H groups in total. The highest BCUT2D eigenvalue weighted by atomic mass is 35.5. The third kappa shape index (κ3) is 5.26. The summed E-state index contributed by atoms with van der Waals surface area (Å²) >= 11 is 5.70. The fourth-order valence-electron chi connectivity index (χ4n) is 3.86. The minimum atomic E-state index is -3.90. The summed E-state index contributed by atoms with van der Waals surface area (Å²) in [6.45, 7) is 1.75. The van der Waals surface area contributed by atoms with Crippen molar-refractivity contribution in [3.05, 3.63) is 118 Å². The summed E-state index contributed by atoms with van der Waals surface area (Å²) in [6.07, 6.45) is 0. The molecule has 9 nitrogen and oxygen atoms in total. The summed E-state index contributed by atoms with van der Waals surface area (Å²) < 4.78 is 29.3. The van der Waals surface area contributed by atoms with E-state index < -0.39 is 10.0 Å². The third-order valence-corrected chi connectivity index (χ3v) is 7.22. The van der Waals surface area contributed by atoms with Gasteiger partial charge in [0.05, 0.1) is 33.2 Å². The van der Waals surface area contributed by atoms with E-state index in [-0.39, 0.29) is 21.4 Å². The first-order valence-electron chi connectivity index (χ1n) is 11.5. The van der Waals surface area contributed by atoms with Crippen LogP contribution < -0.4 is 10.3 Å². The van der Waals surface area contributed by atoms with E-state index in [0.717, 1.165) is 5.56 Å². The Balaban J connectivity index is 1.49. The number of aromatic nitrogens is 4. The number of nitrogens with zero attached hydrogens (tertiary/aromatic N) is 4. The fraction of sp³-hybridized carbons (Fsp3) is 0.0370. The average Bonchev–Trinajstić information content (AvgIpc) is 3.28. The zero-order valence-corrected chi connectivity index (χ0v) is 21.6. The largest absolute Gasteiger partial charge is 0.290 e. The fourth-order valence-corrected chi connectivity index (χ4v) is 4.96. The Morgan fingerprint density at radius 3 is 2.18 bits per heavy atom. The Morgan fingerprint density at radius 2 is 1.55 bits per heavy atom. The lowest BCUT2D eigenvalue weighted by Crippen LogP contribution is -2.19. The number of halogens is 1. The van der Waals surface area contributed by atoms with Crippen LogP contribution in [-0.2, 0) is 10.0 Å². The summed E-state index contributed by atoms with van der Waals surface area (Å²) in [7, 11) is -3.90. The van der Waals surface area contributed by atoms with Gasteiger partial charge in [-0.25, -0.2) is 13.1 Å². The normalized spacial score (nSPS) is 11.9. The Labute approximate surface area is 223 Å². The molecule has 38 heavy (non-hydrogen) atoms. The summed E-state index contributed by atoms with van der Waals surface area (Å²) in [4.78, 5) is 18.2. The molecule has 11 heteroatoms. The monoisotopic (exact) mass is 544 g/mol. The molecular weight excluding hydrogens is 524 g/mol. The number of H-pyrrole nitrogens is 1. The van der Waals surface area contributed by atoms with Gasteiger partial charge in [0.25, 0.3) is 15.6 Å². The molecule has 3 aromatic carbocycles. The minimum absolute atomic E-state index is 0.0175. The molecule has 5 rings (SSSR count). The lowest BCUT2D eigenvalue weighted by Gasteiger charge is -2.07. The van der Waals surface area contributed by atoms with Gasteiger partial charge in [0.15, 0.2) is 11.0 Å². The van der Waals surface area contributed by atoms with E-state index >= 15 is 0 Å². The van der Waals surface area contributed by atoms with Gasteiger partial charge in [-0.05, 0) is 55.5 Å². The molecule has 2 heterocycles. The van der Waals surface area contributed by atoms with Gasteiger partial charge in [-0.3, -0.25) is 19.6 Å². The molecule has 0 atom stereocenters. The summed E-state index contributed by atoms with van der Waals surface area (Å²) in [5.74, 6) is 0.0444. The van der Waals surface area contributed by atoms with Crippen LogP contribution >= 0.6 is 11.6 Å². The zero-order chi connectivity index (χ0) is 26.7. The van der Waals surface area contributed by atoms with Gasteiger partial charge in [0.2, 0.25) is 0 Å². The second-order valence-corrected chi connectivity index (χ2v) is 10.3. The number of para-hydroxylation sites is 1. The van der Waals surface area contributed by atoms with Gasteiger partial charge in [-0.2, -0.15) is 0 Å². The smallest absolute Gasteiger partial charge is 0.280 e. The van der Waals surface area contributed by atoms with Crippen molar-refractivity contribution in [3.8, 4) is 16.9 Å². The minimum Gasteiger partial charge on any atom is -0.290 e. The number of rotatable bonds is 7. The highest BCUT2D eigenvalue weighted by Gasteiger charge is 2.20. The Bertz CT molecular complexity index is 1770. The van der Waals surface area contributed by atoms with E-state index in [4.69, 9.17) is 11.6 Å². The molecule has 0 amide bonds. The highest BCUT2D eigenvalue weighted by molar-refractivity contribution is 7.92. The molecule has 0 unspecified atom stereocenters. The molecule has 0 saturated carbocycles. The van der Waals surface area contributed by atoms with Crippen LogP contribution in [0.15, 0.2) is 112 Å². The number of benzene rings is 3. The van der Waals surface area contributed by atoms with Gasteiger partial charge in [-0.1, -0.05) is 60.1 Å². The molecule has 190 valence electrons. The first-order chi connectivity index (χ1) is 18.3. The first kappa shape index (κ1) is 25.1. The van der Waals surface area contributed by atoms with Gasteiger partial charge >= 0.3 is 0 Å². The van der Waals surface area contributed by atoms with Gasteiger partial charge in [0, 0.05) is 5.56 Å². The Hall–Kier alpha value is -4.54. The van der Waals surface area contributed by atoms with E-state index in [0.29, 0.717) is 28.3 Å². The number of anilines is 1. The van der Waals surface area contributed by atoms with Crippen molar-refractivity contribution < 1.29 is 8.42 Å². The van der Waals surface area contributed by atoms with Crippen LogP contribution in [0.1, 0.15) is 12.5 Å². The maximum absolute atomic E-state index is 13.5. The lowest BCUT2D eigenvalue weighted by molar-refractivity contribution is 0.601. The molecule has 0 saturated heterocycles. The molecule has 0 radical (unpaired) electrons. The second kappa shape index (κ2) is 10.4. The number of hydrogen-bond acceptors (Lipinski definition) is 6. The number of nitrogens with one attached hydrogen (secondary N) is 2. The third-order valence-electron chi connectivity index (χ3n) is 5.64. The number of aliphatic imine (C=N–C) groups is 1. The van der Waals surface area contributed by atoms with E-state index in [9.17, 15) is 13.2 Å². The molecule has 0 spiro atoms. The van der Waals surface area contributed by atoms with Crippen molar-refractivity contribution in [3.63, 3.8) is 0 Å². The van der Waals surface area contributed by atoms with Crippen molar-refractivity contribution in [2.75, 3.05) is 4.72 Å². The molecule has 0 aliphatic rings. The van der Waals surface area contributed by atoms with Crippen LogP contribution in [0, 0.1) is 0 Å². The van der Waals surface area contributed by atoms with Crippen molar-refractivity contribution in [2.24, 2.45) is 4.99 Å². The molecule has 2 aromatic heterocycles. The molecule has 0 fully saturated rings. The van der Waals surface area contributed by atoms with E-state index in [2.05, 4.69) is 25.0 Å². The Morgan fingerprint density at radius 1 is 0.895 bits per heavy atom. The molecule has 0 aliphatic carbocycles. The predicted molar refractivity (Wildman–Crippen MR) is 148 cm³/mol. The lowest BCUT2D eigenvalue weighted by atomic mass is 10.1. The molecule has 0 aliphatic heterocycles. The number of sulfonamides is 1. The highest BCUT2D eigenvalue weighted by Crippen LogP contribution is 2.24. The molecule has 0 bridgehead atoms. The van der Waals surface area contributed by atoms with Crippen LogP contribution in [0.3, 0.4) is 0 Å². The van der Waals surface area contributed by atoms with Gasteiger partial charge in [-0.15, -0.1) is 10.2 Å². The average molecular weight is 545 g/mol. The topological polar surface area (TPSA) is 122 Å². The van der Waals surface area contributed by atoms with Crippen molar-refractivity contribution >= 4 is 38.8 Å². The van der Waals surface area contributed by atoms with E-state index in [1.165, 1.54) is 28.9 Å². The van der Waals surface area contributed by atoms with E-state index in [1.54, 1.807) is 19.1 Å². The number of hydrogen-bond donors (Lipinski definition) is 2. The van der Waals surface area contributed by atoms with Gasteiger partial charge in [0.1, 0.15) is 0 Å². The zero-order valence-electron chi connectivity index (χ0n) is 20.0. The molecule has 5 aromatic rings. The number of aromatic amines is 1. The maximum atomic E-state index is 13.5. The van der Waals surface area contributed by atoms with Crippen molar-refractivity contribution in [1.82, 2.24) is 20.0 Å². The van der Waals surface area contributed by atoms with Gasteiger partial charge < -0.3 is 0 Å². The quantitative estimate of drug-likeness (QED) is 0.272. The maximum Gasteiger partial charge on any atom is 0.280 e. The van der Waals surface area contributed by atoms with E-state index in [1.807, 2.05) is 60.7 Å². The van der Waals surface area contributed by atoms with Crippen LogP contribution in [0.5, 0.6) is 0 Å². The summed E-state index contributed by atoms with van der Waals surface area (Å²) in [5, 5.41) is 10.7. The predicted octanol–water partition coefficient (Wildman–Crippen LogP) is 5.22. The summed E-state index contributed by atoms with van der Waals surface area (Å²) in [6, 6.07) is 27.6.